The van der Waals surface area contributed by atoms with Crippen LogP contribution in [0.3, 0.4) is 0 Å². The van der Waals surface area contributed by atoms with Crippen LogP contribution in [0.25, 0.3) is 17.5 Å². The van der Waals surface area contributed by atoms with Crippen molar-refractivity contribution in [3.63, 3.8) is 0 Å². The third-order valence-electron chi connectivity index (χ3n) is 12.1. The average Bonchev–Trinajstić information content (AvgIpc) is 3.30. The molecule has 4 aliphatic rings. The molecule has 212 valence electrons. The summed E-state index contributed by atoms with van der Waals surface area (Å²) < 4.78 is 0. The lowest BCUT2D eigenvalue weighted by Gasteiger charge is -2.57. The van der Waals surface area contributed by atoms with Gasteiger partial charge in [0.2, 0.25) is 0 Å². The van der Waals surface area contributed by atoms with Crippen molar-refractivity contribution in [2.45, 2.75) is 86.5 Å². The summed E-state index contributed by atoms with van der Waals surface area (Å²) in [7, 11) is 0. The van der Waals surface area contributed by atoms with E-state index >= 15 is 0 Å². The Balaban J connectivity index is 1.26. The molecule has 1 heterocycles. The number of Topliss-reactive ketones (excluding diaryl/α,β-unsaturated/α-hetero) is 1. The van der Waals surface area contributed by atoms with Gasteiger partial charge in [-0.25, -0.2) is 9.97 Å². The van der Waals surface area contributed by atoms with Crippen LogP contribution in [0.2, 0.25) is 0 Å². The summed E-state index contributed by atoms with van der Waals surface area (Å²) in [5.41, 5.74) is 4.43. The van der Waals surface area contributed by atoms with Crippen molar-refractivity contribution in [3.8, 4) is 11.4 Å². The Morgan fingerprint density at radius 1 is 1.02 bits per heavy atom. The minimum absolute atomic E-state index is 0.110. The molecule has 3 nitrogen and oxygen atoms in total. The van der Waals surface area contributed by atoms with Gasteiger partial charge in [-0.05, 0) is 97.0 Å². The summed E-state index contributed by atoms with van der Waals surface area (Å²) in [5, 5.41) is 0. The Hall–Kier alpha value is -2.55. The monoisotopic (exact) mass is 536 g/mol. The van der Waals surface area contributed by atoms with Crippen LogP contribution in [0.5, 0.6) is 0 Å². The molecule has 40 heavy (non-hydrogen) atoms. The smallest absolute Gasteiger partial charge is 0.159 e. The molecule has 6 rings (SSSR count). The fraction of sp³-hybridized carbons (Fsp3) is 0.595. The minimum atomic E-state index is -0.110. The lowest BCUT2D eigenvalue weighted by atomic mass is 9.46. The lowest BCUT2D eigenvalue weighted by molar-refractivity contribution is -0.128. The standard InChI is InChI=1S/C37H48N2O/c1-7-25(23(2)3)14-13-24(4)29-15-16-30-28-19-34(40)32-20-33-27(21-37(32,6)31(28)17-18-36(29,30)5)22-38-35(39-33)26-11-9-8-10-12-26/h8-14,20,22-25,28-31H,7,15-19,21H2,1-6H3/t24-,25+,28+,29-,30+,31+,36-,37-/m1/s1. The Morgan fingerprint density at radius 3 is 2.52 bits per heavy atom. The maximum atomic E-state index is 13.9. The van der Waals surface area contributed by atoms with Gasteiger partial charge in [0.15, 0.2) is 11.6 Å². The van der Waals surface area contributed by atoms with E-state index in [0.29, 0.717) is 46.7 Å². The summed E-state index contributed by atoms with van der Waals surface area (Å²) in [4.78, 5) is 23.6. The van der Waals surface area contributed by atoms with Crippen LogP contribution in [-0.4, -0.2) is 15.8 Å². The number of benzene rings is 1. The Bertz CT molecular complexity index is 1320. The maximum absolute atomic E-state index is 13.9. The molecule has 3 saturated carbocycles. The fourth-order valence-corrected chi connectivity index (χ4v) is 9.80. The highest BCUT2D eigenvalue weighted by molar-refractivity contribution is 6.02. The number of carbonyl (C=O) groups is 1. The van der Waals surface area contributed by atoms with Crippen molar-refractivity contribution in [2.24, 2.45) is 52.3 Å². The Labute approximate surface area is 242 Å². The van der Waals surface area contributed by atoms with E-state index in [4.69, 9.17) is 9.97 Å². The zero-order valence-electron chi connectivity index (χ0n) is 25.5. The normalized spacial score (nSPS) is 34.6. The summed E-state index contributed by atoms with van der Waals surface area (Å²) in [6.07, 6.45) is 17.2. The molecule has 0 bridgehead atoms. The highest BCUT2D eigenvalue weighted by Gasteiger charge is 2.61. The molecule has 0 aliphatic heterocycles. The van der Waals surface area contributed by atoms with E-state index in [1.54, 1.807) is 0 Å². The number of carbonyl (C=O) groups excluding carboxylic acids is 1. The number of rotatable bonds is 6. The van der Waals surface area contributed by atoms with Crippen LogP contribution in [0.1, 0.15) is 91.3 Å². The number of allylic oxidation sites excluding steroid dienone is 3. The van der Waals surface area contributed by atoms with Crippen molar-refractivity contribution in [3.05, 3.63) is 65.5 Å². The maximum Gasteiger partial charge on any atom is 0.159 e. The SMILES string of the molecule is CC[C@@H](C=C[C@@H](C)[C@H]1CC[C@H]2[C@@H]3CC(=O)C4=Cc5nc(-c6ccccc6)ncc5C[C@]4(C)[C@H]3CC[C@]12C)C(C)C. The van der Waals surface area contributed by atoms with Crippen LogP contribution in [0.15, 0.2) is 54.3 Å². The van der Waals surface area contributed by atoms with Gasteiger partial charge in [0, 0.05) is 29.2 Å². The van der Waals surface area contributed by atoms with Gasteiger partial charge < -0.3 is 0 Å². The van der Waals surface area contributed by atoms with E-state index in [9.17, 15) is 4.79 Å². The van der Waals surface area contributed by atoms with E-state index in [0.717, 1.165) is 41.4 Å². The predicted octanol–water partition coefficient (Wildman–Crippen LogP) is 9.00. The highest BCUT2D eigenvalue weighted by Crippen LogP contribution is 2.67. The number of nitrogens with zero attached hydrogens (tertiary/aromatic N) is 2. The van der Waals surface area contributed by atoms with Gasteiger partial charge in [-0.1, -0.05) is 84.0 Å². The van der Waals surface area contributed by atoms with Gasteiger partial charge in [-0.15, -0.1) is 0 Å². The van der Waals surface area contributed by atoms with Crippen molar-refractivity contribution in [1.82, 2.24) is 9.97 Å². The molecule has 3 heteroatoms. The van der Waals surface area contributed by atoms with E-state index in [1.807, 2.05) is 24.4 Å². The molecule has 4 aliphatic carbocycles. The van der Waals surface area contributed by atoms with E-state index in [-0.39, 0.29) is 5.41 Å². The first-order valence-corrected chi connectivity index (χ1v) is 16.0. The predicted molar refractivity (Wildman–Crippen MR) is 164 cm³/mol. The molecular weight excluding hydrogens is 488 g/mol. The van der Waals surface area contributed by atoms with Gasteiger partial charge >= 0.3 is 0 Å². The third-order valence-corrected chi connectivity index (χ3v) is 12.1. The number of fused-ring (bicyclic) bond motifs is 6. The van der Waals surface area contributed by atoms with E-state index in [1.165, 1.54) is 37.7 Å². The van der Waals surface area contributed by atoms with E-state index in [2.05, 4.69) is 71.9 Å². The van der Waals surface area contributed by atoms with Crippen molar-refractivity contribution in [1.29, 1.82) is 0 Å². The average molecular weight is 537 g/mol. The largest absolute Gasteiger partial charge is 0.295 e. The summed E-state index contributed by atoms with van der Waals surface area (Å²) >= 11 is 0. The topological polar surface area (TPSA) is 42.9 Å². The lowest BCUT2D eigenvalue weighted by Crippen LogP contribution is -2.53. The van der Waals surface area contributed by atoms with Gasteiger partial charge in [0.25, 0.3) is 0 Å². The summed E-state index contributed by atoms with van der Waals surface area (Å²) in [6, 6.07) is 10.2. The molecule has 0 N–H and O–H groups in total. The van der Waals surface area contributed by atoms with Gasteiger partial charge in [0.05, 0.1) is 5.69 Å². The molecule has 0 radical (unpaired) electrons. The number of aromatic nitrogens is 2. The zero-order chi connectivity index (χ0) is 28.2. The minimum Gasteiger partial charge on any atom is -0.295 e. The van der Waals surface area contributed by atoms with Crippen LogP contribution in [-0.2, 0) is 11.2 Å². The first-order chi connectivity index (χ1) is 19.2. The Morgan fingerprint density at radius 2 is 1.80 bits per heavy atom. The fourth-order valence-electron chi connectivity index (χ4n) is 9.80. The molecule has 0 saturated heterocycles. The van der Waals surface area contributed by atoms with Gasteiger partial charge in [-0.3, -0.25) is 4.79 Å². The molecule has 8 atom stereocenters. The Kier molecular flexibility index (Phi) is 7.16. The highest BCUT2D eigenvalue weighted by atomic mass is 16.1. The number of ketones is 1. The third kappa shape index (κ3) is 4.43. The summed E-state index contributed by atoms with van der Waals surface area (Å²) in [6.45, 7) is 14.4. The molecule has 0 spiro atoms. The zero-order valence-corrected chi connectivity index (χ0v) is 25.5. The molecule has 0 unspecified atom stereocenters. The van der Waals surface area contributed by atoms with Crippen LogP contribution < -0.4 is 0 Å². The molecule has 2 aromatic rings. The molecule has 1 aromatic heterocycles. The molecule has 3 fully saturated rings. The second kappa shape index (κ2) is 10.4. The number of hydrogen-bond donors (Lipinski definition) is 0. The second-order valence-corrected chi connectivity index (χ2v) is 14.4. The summed E-state index contributed by atoms with van der Waals surface area (Å²) in [5.74, 6) is 5.52. The van der Waals surface area contributed by atoms with Crippen molar-refractivity contribution in [2.75, 3.05) is 0 Å². The molecule has 0 amide bonds. The van der Waals surface area contributed by atoms with Crippen LogP contribution in [0.4, 0.5) is 0 Å². The first kappa shape index (κ1) is 27.6. The van der Waals surface area contributed by atoms with Crippen LogP contribution >= 0.6 is 0 Å². The van der Waals surface area contributed by atoms with Gasteiger partial charge in [-0.2, -0.15) is 0 Å². The second-order valence-electron chi connectivity index (χ2n) is 14.4. The number of hydrogen-bond acceptors (Lipinski definition) is 3. The first-order valence-electron chi connectivity index (χ1n) is 16.0. The quantitative estimate of drug-likeness (QED) is 0.346. The van der Waals surface area contributed by atoms with Crippen molar-refractivity contribution >= 4 is 11.9 Å². The van der Waals surface area contributed by atoms with Gasteiger partial charge in [0.1, 0.15) is 0 Å². The van der Waals surface area contributed by atoms with E-state index < -0.39 is 0 Å². The molecule has 1 aromatic carbocycles. The van der Waals surface area contributed by atoms with Crippen molar-refractivity contribution < 1.29 is 4.79 Å². The van der Waals surface area contributed by atoms with Crippen LogP contribution in [0, 0.1) is 52.3 Å². The molecular formula is C37H48N2O.